The van der Waals surface area contributed by atoms with Crippen molar-refractivity contribution in [1.29, 1.82) is 0 Å². The van der Waals surface area contributed by atoms with Crippen molar-refractivity contribution < 1.29 is 28.9 Å². The van der Waals surface area contributed by atoms with E-state index in [1.165, 1.54) is 20.3 Å². The van der Waals surface area contributed by atoms with Crippen LogP contribution in [0.5, 0.6) is 17.2 Å². The standard InChI is InChI=1S/C20H20N2O6/c1-26-13-7-4-11(5-8-13)17-16(19(24)28-3)18(22-20(25)21-17)12-6-9-14(23)15(10-12)27-2/h4-10,18,23H,1-3H3,(H2,21,22,25). The molecule has 0 spiro atoms. The molecule has 0 fully saturated rings. The molecule has 2 aromatic carbocycles. The molecule has 0 bridgehead atoms. The number of amides is 2. The van der Waals surface area contributed by atoms with Gasteiger partial charge < -0.3 is 30.0 Å². The number of rotatable bonds is 5. The number of urea groups is 1. The topological polar surface area (TPSA) is 106 Å². The van der Waals surface area contributed by atoms with Crippen LogP contribution in [0.3, 0.4) is 0 Å². The third kappa shape index (κ3) is 3.57. The van der Waals surface area contributed by atoms with Crippen molar-refractivity contribution in [3.05, 3.63) is 59.2 Å². The fraction of sp³-hybridized carbons (Fsp3) is 0.200. The zero-order chi connectivity index (χ0) is 20.3. The van der Waals surface area contributed by atoms with Gasteiger partial charge in [-0.1, -0.05) is 6.07 Å². The first-order valence-electron chi connectivity index (χ1n) is 8.39. The van der Waals surface area contributed by atoms with E-state index < -0.39 is 18.0 Å². The van der Waals surface area contributed by atoms with Crippen molar-refractivity contribution in [2.75, 3.05) is 21.3 Å². The molecule has 3 N–H and O–H groups in total. The van der Waals surface area contributed by atoms with Crippen LogP contribution in [0, 0.1) is 0 Å². The van der Waals surface area contributed by atoms with Gasteiger partial charge in [0.25, 0.3) is 0 Å². The van der Waals surface area contributed by atoms with Crippen LogP contribution in [-0.2, 0) is 9.53 Å². The summed E-state index contributed by atoms with van der Waals surface area (Å²) in [5.74, 6) is 0.213. The van der Waals surface area contributed by atoms with Crippen molar-refractivity contribution in [3.63, 3.8) is 0 Å². The number of phenolic OH excluding ortho intramolecular Hbond substituents is 1. The number of esters is 1. The Kier molecular flexibility index (Phi) is 5.39. The molecular weight excluding hydrogens is 364 g/mol. The molecule has 0 aliphatic carbocycles. The number of carbonyl (C=O) groups is 2. The summed E-state index contributed by atoms with van der Waals surface area (Å²) < 4.78 is 15.3. The van der Waals surface area contributed by atoms with E-state index in [0.717, 1.165) is 0 Å². The van der Waals surface area contributed by atoms with Gasteiger partial charge in [0, 0.05) is 0 Å². The lowest BCUT2D eigenvalue weighted by Crippen LogP contribution is -2.45. The van der Waals surface area contributed by atoms with Gasteiger partial charge in [-0.2, -0.15) is 0 Å². The van der Waals surface area contributed by atoms with Crippen molar-refractivity contribution in [3.8, 4) is 17.2 Å². The number of phenols is 1. The molecule has 3 rings (SSSR count). The van der Waals surface area contributed by atoms with Gasteiger partial charge in [0.15, 0.2) is 11.5 Å². The molecule has 2 aromatic rings. The summed E-state index contributed by atoms with van der Waals surface area (Å²) in [6.45, 7) is 0. The Balaban J connectivity index is 2.17. The average Bonchev–Trinajstić information content (AvgIpc) is 2.73. The van der Waals surface area contributed by atoms with Gasteiger partial charge in [-0.05, 0) is 47.5 Å². The van der Waals surface area contributed by atoms with E-state index in [0.29, 0.717) is 22.6 Å². The second kappa shape index (κ2) is 7.91. The summed E-state index contributed by atoms with van der Waals surface area (Å²) in [6, 6.07) is 10.2. The largest absolute Gasteiger partial charge is 0.504 e. The molecular formula is C20H20N2O6. The van der Waals surface area contributed by atoms with Crippen LogP contribution < -0.4 is 20.1 Å². The molecule has 28 heavy (non-hydrogen) atoms. The summed E-state index contributed by atoms with van der Waals surface area (Å²) in [4.78, 5) is 24.9. The van der Waals surface area contributed by atoms with E-state index in [1.807, 2.05) is 0 Å². The number of carbonyl (C=O) groups excluding carboxylic acids is 2. The van der Waals surface area contributed by atoms with Crippen molar-refractivity contribution in [2.24, 2.45) is 0 Å². The molecule has 2 amide bonds. The molecule has 0 radical (unpaired) electrons. The molecule has 8 heteroatoms. The number of methoxy groups -OCH3 is 3. The summed E-state index contributed by atoms with van der Waals surface area (Å²) in [6.07, 6.45) is 0. The van der Waals surface area contributed by atoms with Crippen molar-refractivity contribution in [2.45, 2.75) is 6.04 Å². The minimum atomic E-state index is -0.798. The van der Waals surface area contributed by atoms with E-state index in [2.05, 4.69) is 10.6 Å². The van der Waals surface area contributed by atoms with Crippen LogP contribution in [-0.4, -0.2) is 38.4 Å². The predicted octanol–water partition coefficient (Wildman–Crippen LogP) is 2.35. The summed E-state index contributed by atoms with van der Waals surface area (Å²) in [5.41, 5.74) is 1.72. The zero-order valence-corrected chi connectivity index (χ0v) is 15.6. The van der Waals surface area contributed by atoms with Crippen LogP contribution in [0.2, 0.25) is 0 Å². The smallest absolute Gasteiger partial charge is 0.338 e. The number of benzene rings is 2. The number of nitrogens with one attached hydrogen (secondary N) is 2. The number of ether oxygens (including phenoxy) is 3. The normalized spacial score (nSPS) is 16.1. The fourth-order valence-corrected chi connectivity index (χ4v) is 3.00. The zero-order valence-electron chi connectivity index (χ0n) is 15.6. The van der Waals surface area contributed by atoms with E-state index in [1.54, 1.807) is 43.5 Å². The second-order valence-electron chi connectivity index (χ2n) is 5.97. The minimum absolute atomic E-state index is 0.0505. The van der Waals surface area contributed by atoms with E-state index in [9.17, 15) is 14.7 Å². The van der Waals surface area contributed by atoms with Crippen LogP contribution >= 0.6 is 0 Å². The lowest BCUT2D eigenvalue weighted by Gasteiger charge is -2.29. The van der Waals surface area contributed by atoms with E-state index in [-0.39, 0.29) is 17.1 Å². The van der Waals surface area contributed by atoms with E-state index >= 15 is 0 Å². The monoisotopic (exact) mass is 384 g/mol. The number of aromatic hydroxyl groups is 1. The fourth-order valence-electron chi connectivity index (χ4n) is 3.00. The van der Waals surface area contributed by atoms with Gasteiger partial charge >= 0.3 is 12.0 Å². The Bertz CT molecular complexity index is 936. The third-order valence-electron chi connectivity index (χ3n) is 4.39. The van der Waals surface area contributed by atoms with Crippen LogP contribution in [0.25, 0.3) is 5.70 Å². The summed E-state index contributed by atoms with van der Waals surface area (Å²) >= 11 is 0. The highest BCUT2D eigenvalue weighted by Gasteiger charge is 2.34. The minimum Gasteiger partial charge on any atom is -0.504 e. The van der Waals surface area contributed by atoms with Crippen LogP contribution in [0.15, 0.2) is 48.0 Å². The van der Waals surface area contributed by atoms with Crippen LogP contribution in [0.1, 0.15) is 17.2 Å². The number of hydrogen-bond acceptors (Lipinski definition) is 6. The SMILES string of the molecule is COC(=O)C1=C(c2ccc(OC)cc2)NC(=O)NC1c1ccc(O)c(OC)c1. The molecule has 0 saturated carbocycles. The lowest BCUT2D eigenvalue weighted by atomic mass is 9.92. The Hall–Kier alpha value is -3.68. The Labute approximate surface area is 161 Å². The molecule has 1 aliphatic heterocycles. The third-order valence-corrected chi connectivity index (χ3v) is 4.39. The van der Waals surface area contributed by atoms with Crippen molar-refractivity contribution >= 4 is 17.7 Å². The van der Waals surface area contributed by atoms with Crippen molar-refractivity contribution in [1.82, 2.24) is 10.6 Å². The van der Waals surface area contributed by atoms with Crippen LogP contribution in [0.4, 0.5) is 4.79 Å². The highest BCUT2D eigenvalue weighted by atomic mass is 16.5. The van der Waals surface area contributed by atoms with Gasteiger partial charge in [-0.3, -0.25) is 0 Å². The van der Waals surface area contributed by atoms with Gasteiger partial charge in [0.2, 0.25) is 0 Å². The highest BCUT2D eigenvalue weighted by Crippen LogP contribution is 2.36. The molecule has 1 atom stereocenters. The molecule has 146 valence electrons. The highest BCUT2D eigenvalue weighted by molar-refractivity contribution is 6.04. The first-order chi connectivity index (χ1) is 13.5. The van der Waals surface area contributed by atoms with E-state index in [4.69, 9.17) is 14.2 Å². The quantitative estimate of drug-likeness (QED) is 0.684. The van der Waals surface area contributed by atoms with Gasteiger partial charge in [0.1, 0.15) is 5.75 Å². The molecule has 0 aromatic heterocycles. The lowest BCUT2D eigenvalue weighted by molar-refractivity contribution is -0.136. The van der Waals surface area contributed by atoms with Gasteiger partial charge in [0.05, 0.1) is 38.6 Å². The Morgan fingerprint density at radius 2 is 1.75 bits per heavy atom. The second-order valence-corrected chi connectivity index (χ2v) is 5.97. The predicted molar refractivity (Wildman–Crippen MR) is 101 cm³/mol. The maximum Gasteiger partial charge on any atom is 0.338 e. The van der Waals surface area contributed by atoms with Gasteiger partial charge in [-0.25, -0.2) is 9.59 Å². The molecule has 0 saturated heterocycles. The van der Waals surface area contributed by atoms with Gasteiger partial charge in [-0.15, -0.1) is 0 Å². The molecule has 8 nitrogen and oxygen atoms in total. The number of hydrogen-bond donors (Lipinski definition) is 3. The maximum atomic E-state index is 12.6. The Morgan fingerprint density at radius 3 is 2.36 bits per heavy atom. The Morgan fingerprint density at radius 1 is 1.04 bits per heavy atom. The average molecular weight is 384 g/mol. The molecule has 1 aliphatic rings. The summed E-state index contributed by atoms with van der Waals surface area (Å²) in [7, 11) is 4.24. The summed E-state index contributed by atoms with van der Waals surface area (Å²) in [5, 5.41) is 15.2. The molecule has 1 unspecified atom stereocenters. The first kappa shape index (κ1) is 19.1. The maximum absolute atomic E-state index is 12.6. The first-order valence-corrected chi connectivity index (χ1v) is 8.39. The molecule has 1 heterocycles.